The normalized spacial score (nSPS) is 14.3. The van der Waals surface area contributed by atoms with Crippen LogP contribution in [0, 0.1) is 0 Å². The largest absolute Gasteiger partial charge is 0.467 e. The molecule has 0 aromatic heterocycles. The average Bonchev–Trinajstić information content (AvgIpc) is 2.52. The second-order valence-electron chi connectivity index (χ2n) is 7.13. The van der Waals surface area contributed by atoms with Gasteiger partial charge in [0.1, 0.15) is 0 Å². The van der Waals surface area contributed by atoms with Crippen molar-refractivity contribution >= 4 is 20.1 Å². The molecule has 1 unspecified atom stereocenters. The van der Waals surface area contributed by atoms with E-state index in [0.717, 1.165) is 7.11 Å². The maximum atomic E-state index is 13.8. The van der Waals surface area contributed by atoms with E-state index in [2.05, 4.69) is 4.74 Å². The number of halogens is 3. The summed E-state index contributed by atoms with van der Waals surface area (Å²) in [6.07, 6.45) is -7.18. The van der Waals surface area contributed by atoms with E-state index >= 15 is 0 Å². The SMILES string of the molecule is COC(=O)C(Cc1ccccc1)(NC(=O)OCC[Si](C)(C)C)C(F)(F)F. The van der Waals surface area contributed by atoms with Crippen LogP contribution in [-0.2, 0) is 20.7 Å². The van der Waals surface area contributed by atoms with E-state index in [1.54, 1.807) is 23.5 Å². The van der Waals surface area contributed by atoms with E-state index in [0.29, 0.717) is 6.04 Å². The molecule has 26 heavy (non-hydrogen) atoms. The van der Waals surface area contributed by atoms with Gasteiger partial charge < -0.3 is 9.47 Å². The average molecular weight is 391 g/mol. The third-order valence-corrected chi connectivity index (χ3v) is 5.43. The van der Waals surface area contributed by atoms with Gasteiger partial charge in [0.25, 0.3) is 0 Å². The summed E-state index contributed by atoms with van der Waals surface area (Å²) in [6.45, 7) is 6.11. The maximum Gasteiger partial charge on any atom is 0.422 e. The highest BCUT2D eigenvalue weighted by molar-refractivity contribution is 6.76. The number of nitrogens with one attached hydrogen (secondary N) is 1. The number of esters is 1. The first-order chi connectivity index (χ1) is 11.9. The van der Waals surface area contributed by atoms with Crippen molar-refractivity contribution in [1.29, 1.82) is 0 Å². The lowest BCUT2D eigenvalue weighted by molar-refractivity contribution is -0.210. The van der Waals surface area contributed by atoms with Crippen LogP contribution in [0.1, 0.15) is 5.56 Å². The molecule has 0 aliphatic rings. The molecule has 0 saturated carbocycles. The van der Waals surface area contributed by atoms with Gasteiger partial charge >= 0.3 is 18.2 Å². The lowest BCUT2D eigenvalue weighted by atomic mass is 9.90. The second-order valence-corrected chi connectivity index (χ2v) is 12.7. The van der Waals surface area contributed by atoms with Crippen molar-refractivity contribution in [3.05, 3.63) is 35.9 Å². The van der Waals surface area contributed by atoms with Gasteiger partial charge in [-0.1, -0.05) is 50.0 Å². The molecule has 1 amide bonds. The molecular weight excluding hydrogens is 367 g/mol. The fraction of sp³-hybridized carbons (Fsp3) is 0.529. The van der Waals surface area contributed by atoms with Gasteiger partial charge in [0.05, 0.1) is 13.7 Å². The molecule has 0 radical (unpaired) electrons. The molecule has 9 heteroatoms. The number of alkyl halides is 3. The van der Waals surface area contributed by atoms with Crippen molar-refractivity contribution < 1.29 is 32.2 Å². The van der Waals surface area contributed by atoms with E-state index in [1.807, 2.05) is 19.6 Å². The first-order valence-electron chi connectivity index (χ1n) is 8.05. The van der Waals surface area contributed by atoms with E-state index in [-0.39, 0.29) is 12.2 Å². The predicted octanol–water partition coefficient (Wildman–Crippen LogP) is 3.77. The van der Waals surface area contributed by atoms with Gasteiger partial charge in [-0.3, -0.25) is 5.32 Å². The molecule has 1 N–H and O–H groups in total. The van der Waals surface area contributed by atoms with Gasteiger partial charge in [-0.05, 0) is 11.6 Å². The minimum atomic E-state index is -5.08. The van der Waals surface area contributed by atoms with E-state index in [9.17, 15) is 22.8 Å². The number of benzene rings is 1. The smallest absolute Gasteiger partial charge is 0.422 e. The highest BCUT2D eigenvalue weighted by Crippen LogP contribution is 2.35. The van der Waals surface area contributed by atoms with Crippen molar-refractivity contribution in [2.45, 2.75) is 43.8 Å². The molecule has 0 aliphatic heterocycles. The van der Waals surface area contributed by atoms with Gasteiger partial charge in [0, 0.05) is 14.5 Å². The van der Waals surface area contributed by atoms with Crippen LogP contribution in [0.25, 0.3) is 0 Å². The van der Waals surface area contributed by atoms with Gasteiger partial charge in [-0.15, -0.1) is 0 Å². The number of amides is 1. The van der Waals surface area contributed by atoms with Crippen molar-refractivity contribution in [2.75, 3.05) is 13.7 Å². The van der Waals surface area contributed by atoms with Crippen LogP contribution in [0.5, 0.6) is 0 Å². The fourth-order valence-corrected chi connectivity index (χ4v) is 2.91. The van der Waals surface area contributed by atoms with Gasteiger partial charge in [-0.25, -0.2) is 9.59 Å². The number of alkyl carbamates (subject to hydrolysis) is 1. The summed E-state index contributed by atoms with van der Waals surface area (Å²) in [4.78, 5) is 24.0. The van der Waals surface area contributed by atoms with E-state index in [4.69, 9.17) is 4.74 Å². The number of carbonyl (C=O) groups excluding carboxylic acids is 2. The van der Waals surface area contributed by atoms with Crippen molar-refractivity contribution in [2.24, 2.45) is 0 Å². The molecule has 1 aromatic rings. The summed E-state index contributed by atoms with van der Waals surface area (Å²) in [5, 5.41) is 1.71. The Morgan fingerprint density at radius 1 is 1.12 bits per heavy atom. The molecule has 0 fully saturated rings. The Morgan fingerprint density at radius 3 is 2.15 bits per heavy atom. The lowest BCUT2D eigenvalue weighted by Crippen LogP contribution is -2.65. The minimum Gasteiger partial charge on any atom is -0.467 e. The van der Waals surface area contributed by atoms with Crippen LogP contribution in [0.4, 0.5) is 18.0 Å². The molecule has 146 valence electrons. The molecule has 5 nitrogen and oxygen atoms in total. The Bertz CT molecular complexity index is 617. The van der Waals surface area contributed by atoms with Crippen molar-refractivity contribution in [3.63, 3.8) is 0 Å². The standard InChI is InChI=1S/C17H24F3NO4Si/c1-24-14(22)16(17(18,19)20,12-13-8-6-5-7-9-13)21-15(23)25-10-11-26(2,3)4/h5-9H,10-12H2,1-4H3,(H,21,23). The second kappa shape index (κ2) is 8.57. The molecule has 0 heterocycles. The van der Waals surface area contributed by atoms with Crippen LogP contribution in [0.2, 0.25) is 25.7 Å². The third-order valence-electron chi connectivity index (χ3n) is 3.73. The molecule has 0 aliphatic carbocycles. The summed E-state index contributed by atoms with van der Waals surface area (Å²) in [5.74, 6) is -1.60. The number of ether oxygens (including phenoxy) is 2. The van der Waals surface area contributed by atoms with E-state index < -0.39 is 38.3 Å². The summed E-state index contributed by atoms with van der Waals surface area (Å²) in [6, 6.07) is 8.18. The van der Waals surface area contributed by atoms with Crippen LogP contribution in [0.15, 0.2) is 30.3 Å². The summed E-state index contributed by atoms with van der Waals surface area (Å²) < 4.78 is 50.6. The first kappa shape index (κ1) is 22.0. The number of hydrogen-bond donors (Lipinski definition) is 1. The topological polar surface area (TPSA) is 64.6 Å². The molecule has 1 rings (SSSR count). The van der Waals surface area contributed by atoms with Crippen molar-refractivity contribution in [1.82, 2.24) is 5.32 Å². The van der Waals surface area contributed by atoms with Gasteiger partial charge in [0.15, 0.2) is 0 Å². The Hall–Kier alpha value is -2.03. The molecule has 1 atom stereocenters. The zero-order valence-corrected chi connectivity index (χ0v) is 16.3. The molecular formula is C17H24F3NO4Si. The zero-order valence-electron chi connectivity index (χ0n) is 15.3. The van der Waals surface area contributed by atoms with Crippen LogP contribution in [-0.4, -0.2) is 45.6 Å². The predicted molar refractivity (Wildman–Crippen MR) is 93.6 cm³/mol. The summed E-state index contributed by atoms with van der Waals surface area (Å²) in [7, 11) is -0.689. The number of rotatable bonds is 7. The van der Waals surface area contributed by atoms with Crippen LogP contribution >= 0.6 is 0 Å². The molecule has 0 spiro atoms. The molecule has 0 saturated heterocycles. The van der Waals surface area contributed by atoms with Crippen LogP contribution < -0.4 is 5.32 Å². The number of hydrogen-bond acceptors (Lipinski definition) is 4. The Morgan fingerprint density at radius 2 is 1.69 bits per heavy atom. The Balaban J connectivity index is 3.06. The summed E-state index contributed by atoms with van der Waals surface area (Å²) in [5.41, 5.74) is -3.00. The maximum absolute atomic E-state index is 13.8. The highest BCUT2D eigenvalue weighted by Gasteiger charge is 2.62. The monoisotopic (exact) mass is 391 g/mol. The van der Waals surface area contributed by atoms with E-state index in [1.165, 1.54) is 12.1 Å². The fourth-order valence-electron chi connectivity index (χ4n) is 2.19. The Kier molecular flexibility index (Phi) is 7.25. The first-order valence-corrected chi connectivity index (χ1v) is 11.8. The van der Waals surface area contributed by atoms with Crippen LogP contribution in [0.3, 0.4) is 0 Å². The minimum absolute atomic E-state index is 0.0119. The Labute approximate surface area is 151 Å². The highest BCUT2D eigenvalue weighted by atomic mass is 28.3. The van der Waals surface area contributed by atoms with Gasteiger partial charge in [-0.2, -0.15) is 13.2 Å². The van der Waals surface area contributed by atoms with Crippen molar-refractivity contribution in [3.8, 4) is 0 Å². The zero-order chi connectivity index (χ0) is 20.0. The van der Waals surface area contributed by atoms with Gasteiger partial charge in [0.2, 0.25) is 5.54 Å². The third kappa shape index (κ3) is 6.05. The molecule has 0 bridgehead atoms. The number of methoxy groups -OCH3 is 1. The lowest BCUT2D eigenvalue weighted by Gasteiger charge is -2.33. The number of carbonyl (C=O) groups is 2. The summed E-state index contributed by atoms with van der Waals surface area (Å²) >= 11 is 0. The quantitative estimate of drug-likeness (QED) is 0.568. The molecule has 1 aromatic carbocycles.